The van der Waals surface area contributed by atoms with Crippen LogP contribution in [0, 0.1) is 0 Å². The second kappa shape index (κ2) is 4.77. The van der Waals surface area contributed by atoms with Crippen LogP contribution < -0.4 is 5.32 Å². The maximum atomic E-state index is 3.87. The Bertz CT molecular complexity index is 173. The van der Waals surface area contributed by atoms with E-state index in [1.165, 1.54) is 18.4 Å². The van der Waals surface area contributed by atoms with E-state index in [1.807, 2.05) is 0 Å². The average molecular weight is 182 g/mol. The van der Waals surface area contributed by atoms with Crippen LogP contribution >= 0.6 is 0 Å². The predicted octanol–water partition coefficient (Wildman–Crippen LogP) is 1.63. The molecule has 1 N–H and O–H groups in total. The topological polar surface area (TPSA) is 15.3 Å². The molecule has 1 fully saturated rings. The standard InChI is InChI=1S/C11H22N2/c1-9(2)7-12-8-10(3)13(4)11-5-6-11/h10-12H,1,5-8H2,2-4H3. The van der Waals surface area contributed by atoms with Gasteiger partial charge < -0.3 is 5.32 Å². The molecule has 0 aromatic heterocycles. The van der Waals surface area contributed by atoms with Crippen LogP contribution in [-0.4, -0.2) is 37.1 Å². The van der Waals surface area contributed by atoms with Crippen molar-refractivity contribution in [3.8, 4) is 0 Å². The molecule has 13 heavy (non-hydrogen) atoms. The molecule has 2 nitrogen and oxygen atoms in total. The minimum atomic E-state index is 0.645. The van der Waals surface area contributed by atoms with Crippen molar-refractivity contribution in [2.45, 2.75) is 38.8 Å². The van der Waals surface area contributed by atoms with Gasteiger partial charge in [0.05, 0.1) is 0 Å². The lowest BCUT2D eigenvalue weighted by atomic mass is 10.2. The summed E-state index contributed by atoms with van der Waals surface area (Å²) in [5, 5.41) is 3.41. The van der Waals surface area contributed by atoms with Crippen molar-refractivity contribution in [2.75, 3.05) is 20.1 Å². The van der Waals surface area contributed by atoms with Crippen LogP contribution in [0.4, 0.5) is 0 Å². The van der Waals surface area contributed by atoms with Crippen molar-refractivity contribution in [3.05, 3.63) is 12.2 Å². The molecule has 0 aromatic carbocycles. The number of nitrogens with one attached hydrogen (secondary N) is 1. The van der Waals surface area contributed by atoms with Crippen LogP contribution in [-0.2, 0) is 0 Å². The molecular formula is C11H22N2. The van der Waals surface area contributed by atoms with Gasteiger partial charge in [0.25, 0.3) is 0 Å². The Labute approximate surface area is 82.0 Å². The Morgan fingerprint density at radius 2 is 2.23 bits per heavy atom. The number of nitrogens with zero attached hydrogens (tertiary/aromatic N) is 1. The fourth-order valence-corrected chi connectivity index (χ4v) is 1.48. The Morgan fingerprint density at radius 3 is 2.69 bits per heavy atom. The Kier molecular flexibility index (Phi) is 3.94. The Morgan fingerprint density at radius 1 is 1.62 bits per heavy atom. The summed E-state index contributed by atoms with van der Waals surface area (Å²) < 4.78 is 0. The molecular weight excluding hydrogens is 160 g/mol. The summed E-state index contributed by atoms with van der Waals surface area (Å²) in [5.41, 5.74) is 1.21. The number of hydrogen-bond acceptors (Lipinski definition) is 2. The van der Waals surface area contributed by atoms with E-state index in [1.54, 1.807) is 0 Å². The van der Waals surface area contributed by atoms with Crippen LogP contribution in [0.1, 0.15) is 26.7 Å². The van der Waals surface area contributed by atoms with Crippen LogP contribution in [0.25, 0.3) is 0 Å². The van der Waals surface area contributed by atoms with Crippen molar-refractivity contribution < 1.29 is 0 Å². The Hall–Kier alpha value is -0.340. The third-order valence-electron chi connectivity index (χ3n) is 2.68. The molecule has 2 heteroatoms. The summed E-state index contributed by atoms with van der Waals surface area (Å²) in [5.74, 6) is 0. The van der Waals surface area contributed by atoms with Gasteiger partial charge in [-0.2, -0.15) is 0 Å². The second-order valence-electron chi connectivity index (χ2n) is 4.33. The van der Waals surface area contributed by atoms with Gasteiger partial charge in [-0.1, -0.05) is 12.2 Å². The van der Waals surface area contributed by atoms with Crippen molar-refractivity contribution in [2.24, 2.45) is 0 Å². The summed E-state index contributed by atoms with van der Waals surface area (Å²) in [6.07, 6.45) is 2.78. The summed E-state index contributed by atoms with van der Waals surface area (Å²) in [7, 11) is 2.23. The molecule has 0 radical (unpaired) electrons. The van der Waals surface area contributed by atoms with E-state index in [9.17, 15) is 0 Å². The normalized spacial score (nSPS) is 19.1. The second-order valence-corrected chi connectivity index (χ2v) is 4.33. The molecule has 0 aliphatic heterocycles. The molecule has 1 saturated carbocycles. The molecule has 0 amide bonds. The number of likely N-dealkylation sites (N-methyl/N-ethyl adjacent to an activating group) is 1. The first-order chi connectivity index (χ1) is 6.11. The van der Waals surface area contributed by atoms with Gasteiger partial charge in [-0.25, -0.2) is 0 Å². The quantitative estimate of drug-likeness (QED) is 0.628. The molecule has 0 spiro atoms. The molecule has 0 heterocycles. The van der Waals surface area contributed by atoms with Gasteiger partial charge in [0.15, 0.2) is 0 Å². The minimum absolute atomic E-state index is 0.645. The summed E-state index contributed by atoms with van der Waals surface area (Å²) >= 11 is 0. The van der Waals surface area contributed by atoms with Crippen molar-refractivity contribution >= 4 is 0 Å². The molecule has 1 unspecified atom stereocenters. The fourth-order valence-electron chi connectivity index (χ4n) is 1.48. The molecule has 1 aliphatic rings. The van der Waals surface area contributed by atoms with Crippen LogP contribution in [0.5, 0.6) is 0 Å². The van der Waals surface area contributed by atoms with E-state index in [-0.39, 0.29) is 0 Å². The van der Waals surface area contributed by atoms with Crippen LogP contribution in [0.15, 0.2) is 12.2 Å². The molecule has 1 atom stereocenters. The highest BCUT2D eigenvalue weighted by Crippen LogP contribution is 2.26. The molecule has 0 aromatic rings. The van der Waals surface area contributed by atoms with Gasteiger partial charge in [0, 0.05) is 25.2 Å². The third-order valence-corrected chi connectivity index (χ3v) is 2.68. The van der Waals surface area contributed by atoms with E-state index >= 15 is 0 Å². The molecule has 0 saturated heterocycles. The van der Waals surface area contributed by atoms with Gasteiger partial charge in [-0.05, 0) is 33.7 Å². The average Bonchev–Trinajstić information content (AvgIpc) is 2.84. The number of hydrogen-bond donors (Lipinski definition) is 1. The lowest BCUT2D eigenvalue weighted by Gasteiger charge is -2.24. The first-order valence-electron chi connectivity index (χ1n) is 5.18. The van der Waals surface area contributed by atoms with Crippen molar-refractivity contribution in [1.29, 1.82) is 0 Å². The summed E-state index contributed by atoms with van der Waals surface area (Å²) in [4.78, 5) is 2.48. The zero-order valence-corrected chi connectivity index (χ0v) is 9.14. The summed E-state index contributed by atoms with van der Waals surface area (Å²) in [6.45, 7) is 10.2. The highest BCUT2D eigenvalue weighted by atomic mass is 15.2. The third kappa shape index (κ3) is 3.92. The smallest absolute Gasteiger partial charge is 0.0192 e. The maximum Gasteiger partial charge on any atom is 0.0192 e. The summed E-state index contributed by atoms with van der Waals surface area (Å²) in [6, 6.07) is 1.51. The zero-order chi connectivity index (χ0) is 9.84. The minimum Gasteiger partial charge on any atom is -0.311 e. The van der Waals surface area contributed by atoms with Gasteiger partial charge in [-0.15, -0.1) is 0 Å². The van der Waals surface area contributed by atoms with Gasteiger partial charge in [0.1, 0.15) is 0 Å². The van der Waals surface area contributed by atoms with Crippen molar-refractivity contribution in [3.63, 3.8) is 0 Å². The molecule has 1 rings (SSSR count). The van der Waals surface area contributed by atoms with E-state index in [0.717, 1.165) is 19.1 Å². The molecule has 1 aliphatic carbocycles. The lowest BCUT2D eigenvalue weighted by molar-refractivity contribution is 0.243. The van der Waals surface area contributed by atoms with E-state index in [2.05, 4.69) is 37.7 Å². The maximum absolute atomic E-state index is 3.87. The SMILES string of the molecule is C=C(C)CNCC(C)N(C)C1CC1. The van der Waals surface area contributed by atoms with E-state index in [0.29, 0.717) is 6.04 Å². The molecule has 0 bridgehead atoms. The highest BCUT2D eigenvalue weighted by molar-refractivity contribution is 4.91. The largest absolute Gasteiger partial charge is 0.311 e. The van der Waals surface area contributed by atoms with Crippen LogP contribution in [0.2, 0.25) is 0 Å². The predicted molar refractivity (Wildman–Crippen MR) is 57.9 cm³/mol. The van der Waals surface area contributed by atoms with Crippen LogP contribution in [0.3, 0.4) is 0 Å². The fraction of sp³-hybridized carbons (Fsp3) is 0.818. The number of rotatable bonds is 6. The Balaban J connectivity index is 2.09. The highest BCUT2D eigenvalue weighted by Gasteiger charge is 2.28. The van der Waals surface area contributed by atoms with Gasteiger partial charge >= 0.3 is 0 Å². The van der Waals surface area contributed by atoms with Crippen molar-refractivity contribution in [1.82, 2.24) is 10.2 Å². The van der Waals surface area contributed by atoms with Gasteiger partial charge in [0.2, 0.25) is 0 Å². The van der Waals surface area contributed by atoms with E-state index < -0.39 is 0 Å². The first-order valence-corrected chi connectivity index (χ1v) is 5.18. The lowest BCUT2D eigenvalue weighted by Crippen LogP contribution is -2.39. The van der Waals surface area contributed by atoms with E-state index in [4.69, 9.17) is 0 Å². The molecule has 76 valence electrons. The first kappa shape index (κ1) is 10.7. The van der Waals surface area contributed by atoms with Gasteiger partial charge in [-0.3, -0.25) is 4.90 Å². The monoisotopic (exact) mass is 182 g/mol. The zero-order valence-electron chi connectivity index (χ0n) is 9.14.